The topological polar surface area (TPSA) is 110 Å². The number of carboxylic acids is 1. The zero-order valence-corrected chi connectivity index (χ0v) is 15.8. The SMILES string of the molecule is C[C@@](Cc1ccccc1)(NC(=O)COc1cccc(S(C)(=O)=O)c1)C(=O)O. The molecule has 0 aliphatic carbocycles. The van der Waals surface area contributed by atoms with E-state index in [1.807, 2.05) is 6.07 Å². The first-order chi connectivity index (χ1) is 12.6. The molecule has 2 aromatic carbocycles. The van der Waals surface area contributed by atoms with Crippen LogP contribution in [0.15, 0.2) is 59.5 Å². The van der Waals surface area contributed by atoms with E-state index in [1.165, 1.54) is 31.2 Å². The van der Waals surface area contributed by atoms with E-state index in [1.54, 1.807) is 24.3 Å². The summed E-state index contributed by atoms with van der Waals surface area (Å²) in [6, 6.07) is 14.7. The van der Waals surface area contributed by atoms with Crippen molar-refractivity contribution in [2.75, 3.05) is 12.9 Å². The van der Waals surface area contributed by atoms with E-state index in [4.69, 9.17) is 4.74 Å². The van der Waals surface area contributed by atoms with Crippen LogP contribution in [0.3, 0.4) is 0 Å². The lowest BCUT2D eigenvalue weighted by Gasteiger charge is -2.26. The number of rotatable bonds is 8. The predicted molar refractivity (Wildman–Crippen MR) is 99.4 cm³/mol. The van der Waals surface area contributed by atoms with Gasteiger partial charge in [-0.15, -0.1) is 0 Å². The monoisotopic (exact) mass is 391 g/mol. The highest BCUT2D eigenvalue weighted by Crippen LogP contribution is 2.18. The zero-order chi connectivity index (χ0) is 20.1. The first-order valence-corrected chi connectivity index (χ1v) is 10.0. The van der Waals surface area contributed by atoms with Gasteiger partial charge in [0.15, 0.2) is 16.4 Å². The molecule has 1 atom stereocenters. The Bertz CT molecular complexity index is 926. The summed E-state index contributed by atoms with van der Waals surface area (Å²) in [6.45, 7) is 0.982. The third-order valence-electron chi connectivity index (χ3n) is 3.89. The second-order valence-electron chi connectivity index (χ2n) is 6.38. The van der Waals surface area contributed by atoms with Crippen LogP contribution in [0.1, 0.15) is 12.5 Å². The first kappa shape index (κ1) is 20.4. The van der Waals surface area contributed by atoms with E-state index >= 15 is 0 Å². The molecule has 0 aromatic heterocycles. The van der Waals surface area contributed by atoms with Crippen molar-refractivity contribution in [2.24, 2.45) is 0 Å². The molecular weight excluding hydrogens is 370 g/mol. The number of sulfone groups is 1. The summed E-state index contributed by atoms with van der Waals surface area (Å²) in [5.74, 6) is -1.59. The minimum Gasteiger partial charge on any atom is -0.484 e. The van der Waals surface area contributed by atoms with Crippen molar-refractivity contribution in [3.63, 3.8) is 0 Å². The van der Waals surface area contributed by atoms with Crippen LogP contribution >= 0.6 is 0 Å². The number of carbonyl (C=O) groups excluding carboxylic acids is 1. The lowest BCUT2D eigenvalue weighted by Crippen LogP contribution is -2.55. The van der Waals surface area contributed by atoms with Gasteiger partial charge in [-0.2, -0.15) is 0 Å². The van der Waals surface area contributed by atoms with E-state index in [9.17, 15) is 23.1 Å². The lowest BCUT2D eigenvalue weighted by molar-refractivity contribution is -0.147. The molecular formula is C19H21NO6S. The van der Waals surface area contributed by atoms with Gasteiger partial charge in [0.25, 0.3) is 5.91 Å². The molecule has 0 saturated heterocycles. The molecule has 2 aromatic rings. The van der Waals surface area contributed by atoms with Crippen LogP contribution < -0.4 is 10.1 Å². The molecule has 0 heterocycles. The Morgan fingerprint density at radius 3 is 2.37 bits per heavy atom. The van der Waals surface area contributed by atoms with Crippen molar-refractivity contribution in [3.8, 4) is 5.75 Å². The van der Waals surface area contributed by atoms with Gasteiger partial charge in [0.2, 0.25) is 0 Å². The fourth-order valence-corrected chi connectivity index (χ4v) is 3.12. The molecule has 1 amide bonds. The molecule has 0 spiro atoms. The smallest absolute Gasteiger partial charge is 0.329 e. The van der Waals surface area contributed by atoms with E-state index in [0.29, 0.717) is 0 Å². The third kappa shape index (κ3) is 5.82. The highest BCUT2D eigenvalue weighted by atomic mass is 32.2. The molecule has 144 valence electrons. The normalized spacial score (nSPS) is 13.4. The molecule has 0 fully saturated rings. The van der Waals surface area contributed by atoms with E-state index in [0.717, 1.165) is 11.8 Å². The predicted octanol–water partition coefficient (Wildman–Crippen LogP) is 1.67. The van der Waals surface area contributed by atoms with Crippen molar-refractivity contribution in [3.05, 3.63) is 60.2 Å². The Kier molecular flexibility index (Phi) is 6.22. The van der Waals surface area contributed by atoms with E-state index in [-0.39, 0.29) is 17.1 Å². The molecule has 0 unspecified atom stereocenters. The molecule has 0 aliphatic heterocycles. The largest absolute Gasteiger partial charge is 0.484 e. The van der Waals surface area contributed by atoms with Gasteiger partial charge in [-0.25, -0.2) is 13.2 Å². The van der Waals surface area contributed by atoms with Gasteiger partial charge in [-0.1, -0.05) is 36.4 Å². The van der Waals surface area contributed by atoms with Gasteiger partial charge in [0, 0.05) is 12.7 Å². The molecule has 27 heavy (non-hydrogen) atoms. The highest BCUT2D eigenvalue weighted by molar-refractivity contribution is 7.90. The van der Waals surface area contributed by atoms with Crippen molar-refractivity contribution in [1.29, 1.82) is 0 Å². The molecule has 0 aliphatic rings. The van der Waals surface area contributed by atoms with Crippen molar-refractivity contribution >= 4 is 21.7 Å². The Hall–Kier alpha value is -2.87. The summed E-state index contributed by atoms with van der Waals surface area (Å²) < 4.78 is 28.4. The number of hydrogen-bond donors (Lipinski definition) is 2. The molecule has 8 heteroatoms. The number of hydrogen-bond acceptors (Lipinski definition) is 5. The van der Waals surface area contributed by atoms with Gasteiger partial charge in [0.05, 0.1) is 4.90 Å². The second kappa shape index (κ2) is 8.22. The van der Waals surface area contributed by atoms with Crippen LogP contribution in [0.2, 0.25) is 0 Å². The number of aliphatic carboxylic acids is 1. The number of nitrogens with one attached hydrogen (secondary N) is 1. The molecule has 0 radical (unpaired) electrons. The first-order valence-electron chi connectivity index (χ1n) is 8.11. The van der Waals surface area contributed by atoms with Crippen LogP contribution in [0.25, 0.3) is 0 Å². The van der Waals surface area contributed by atoms with Crippen molar-refractivity contribution in [2.45, 2.75) is 23.8 Å². The van der Waals surface area contributed by atoms with Crippen LogP contribution in [0.5, 0.6) is 5.75 Å². The zero-order valence-electron chi connectivity index (χ0n) is 15.0. The average molecular weight is 391 g/mol. The van der Waals surface area contributed by atoms with Crippen LogP contribution in [0, 0.1) is 0 Å². The molecule has 2 N–H and O–H groups in total. The number of amides is 1. The minimum atomic E-state index is -3.40. The maximum Gasteiger partial charge on any atom is 0.329 e. The summed E-state index contributed by atoms with van der Waals surface area (Å²) >= 11 is 0. The molecule has 2 rings (SSSR count). The summed E-state index contributed by atoms with van der Waals surface area (Å²) in [5, 5.41) is 12.0. The van der Waals surface area contributed by atoms with Gasteiger partial charge in [0.1, 0.15) is 11.3 Å². The molecule has 0 bridgehead atoms. The Labute approximate surface area is 157 Å². The van der Waals surface area contributed by atoms with E-state index in [2.05, 4.69) is 5.32 Å². The summed E-state index contributed by atoms with van der Waals surface area (Å²) in [7, 11) is -3.40. The fourth-order valence-electron chi connectivity index (χ4n) is 2.46. The van der Waals surface area contributed by atoms with E-state index < -0.39 is 33.9 Å². The van der Waals surface area contributed by atoms with Gasteiger partial charge >= 0.3 is 5.97 Å². The Balaban J connectivity index is 2.03. The highest BCUT2D eigenvalue weighted by Gasteiger charge is 2.35. The van der Waals surface area contributed by atoms with Crippen LogP contribution in [-0.4, -0.2) is 43.8 Å². The number of benzene rings is 2. The maximum absolute atomic E-state index is 12.2. The maximum atomic E-state index is 12.2. The van der Waals surface area contributed by atoms with Crippen molar-refractivity contribution < 1.29 is 27.9 Å². The van der Waals surface area contributed by atoms with Gasteiger partial charge < -0.3 is 15.2 Å². The quantitative estimate of drug-likeness (QED) is 0.708. The van der Waals surface area contributed by atoms with Crippen molar-refractivity contribution in [1.82, 2.24) is 5.32 Å². The summed E-state index contributed by atoms with van der Waals surface area (Å²) in [5.41, 5.74) is -0.736. The van der Waals surface area contributed by atoms with Gasteiger partial charge in [-0.05, 0) is 30.7 Å². The third-order valence-corrected chi connectivity index (χ3v) is 5.00. The fraction of sp³-hybridized carbons (Fsp3) is 0.263. The standard InChI is InChI=1S/C19H21NO6S/c1-19(18(22)23,12-14-7-4-3-5-8-14)20-17(21)13-26-15-9-6-10-16(11-15)27(2,24)25/h3-11H,12-13H2,1-2H3,(H,20,21)(H,22,23)/t19-/m0/s1. The molecule has 0 saturated carbocycles. The minimum absolute atomic E-state index is 0.0693. The Morgan fingerprint density at radius 1 is 1.11 bits per heavy atom. The van der Waals surface area contributed by atoms with Gasteiger partial charge in [-0.3, -0.25) is 4.79 Å². The Morgan fingerprint density at radius 2 is 1.78 bits per heavy atom. The van der Waals surface area contributed by atoms with Crippen LogP contribution in [0.4, 0.5) is 0 Å². The second-order valence-corrected chi connectivity index (χ2v) is 8.40. The lowest BCUT2D eigenvalue weighted by atomic mass is 9.93. The summed E-state index contributed by atoms with van der Waals surface area (Å²) in [6.07, 6.45) is 1.18. The van der Waals surface area contributed by atoms with Crippen LogP contribution in [-0.2, 0) is 25.8 Å². The number of ether oxygens (including phenoxy) is 1. The number of carboxylic acid groups (broad SMARTS) is 1. The average Bonchev–Trinajstić information content (AvgIpc) is 2.60. The number of carbonyl (C=O) groups is 2. The molecule has 7 nitrogen and oxygen atoms in total. The summed E-state index contributed by atoms with van der Waals surface area (Å²) in [4.78, 5) is 23.9.